The third-order valence-electron chi connectivity index (χ3n) is 5.23. The van der Waals surface area contributed by atoms with Gasteiger partial charge in [-0.15, -0.1) is 0 Å². The van der Waals surface area contributed by atoms with E-state index < -0.39 is 5.91 Å². The Labute approximate surface area is 189 Å². The Bertz CT molecular complexity index is 1360. The monoisotopic (exact) mass is 469 g/mol. The number of halogens is 1. The molecule has 0 saturated heterocycles. The van der Waals surface area contributed by atoms with Crippen LogP contribution >= 0.6 is 15.9 Å². The van der Waals surface area contributed by atoms with Crippen LogP contribution in [0.2, 0.25) is 0 Å². The molecule has 152 valence electrons. The molecule has 0 spiro atoms. The molecule has 4 aromatic rings. The zero-order chi connectivity index (χ0) is 22.0. The number of hydrogen-bond acceptors (Lipinski definition) is 2. The van der Waals surface area contributed by atoms with E-state index in [1.165, 1.54) is 5.39 Å². The molecule has 3 aromatic carbocycles. The number of carbonyl (C=O) groups is 1. The molecule has 5 heteroatoms. The summed E-state index contributed by atoms with van der Waals surface area (Å²) in [5.41, 5.74) is 4.58. The fraction of sp³-hybridized carbons (Fsp3) is 0.0769. The molecule has 0 atom stereocenters. The molecule has 1 amide bonds. The maximum Gasteiger partial charge on any atom is 0.266 e. The van der Waals surface area contributed by atoms with E-state index in [-0.39, 0.29) is 5.57 Å². The van der Waals surface area contributed by atoms with Gasteiger partial charge in [-0.1, -0.05) is 46.3 Å². The molecule has 1 aromatic heterocycles. The van der Waals surface area contributed by atoms with E-state index in [0.29, 0.717) is 5.69 Å². The number of anilines is 1. The minimum Gasteiger partial charge on any atom is -0.321 e. The molecule has 0 aliphatic carbocycles. The van der Waals surface area contributed by atoms with Crippen LogP contribution in [0.4, 0.5) is 5.69 Å². The highest BCUT2D eigenvalue weighted by atomic mass is 79.9. The van der Waals surface area contributed by atoms with Gasteiger partial charge in [0.1, 0.15) is 11.6 Å². The molecule has 1 N–H and O–H groups in total. The van der Waals surface area contributed by atoms with Crippen molar-refractivity contribution in [2.45, 2.75) is 13.8 Å². The lowest BCUT2D eigenvalue weighted by Crippen LogP contribution is -2.13. The standard InChI is InChI=1S/C26H20BrN3O/c1-17-13-21(14-22(16-28)26(31)29-24-10-8-23(27)9-11-24)18(2)30(17)25-12-7-19-5-3-4-6-20(19)15-25/h3-15H,1-2H3,(H,29,31)/b22-14-. The molecular weight excluding hydrogens is 450 g/mol. The molecule has 0 radical (unpaired) electrons. The van der Waals surface area contributed by atoms with Gasteiger partial charge in [0, 0.05) is 27.2 Å². The van der Waals surface area contributed by atoms with Crippen molar-refractivity contribution in [3.8, 4) is 11.8 Å². The van der Waals surface area contributed by atoms with Gasteiger partial charge in [-0.25, -0.2) is 0 Å². The van der Waals surface area contributed by atoms with Gasteiger partial charge in [0.05, 0.1) is 0 Å². The number of fused-ring (bicyclic) bond motifs is 1. The predicted molar refractivity (Wildman–Crippen MR) is 129 cm³/mol. The van der Waals surface area contributed by atoms with Crippen molar-refractivity contribution in [3.63, 3.8) is 0 Å². The number of rotatable bonds is 4. The third kappa shape index (κ3) is 4.30. The number of carbonyl (C=O) groups excluding carboxylic acids is 1. The lowest BCUT2D eigenvalue weighted by Gasteiger charge is -2.11. The first kappa shape index (κ1) is 20.6. The summed E-state index contributed by atoms with van der Waals surface area (Å²) in [7, 11) is 0. The van der Waals surface area contributed by atoms with Crippen LogP contribution in [0.25, 0.3) is 22.5 Å². The van der Waals surface area contributed by atoms with Gasteiger partial charge in [-0.3, -0.25) is 4.79 Å². The molecular formula is C26H20BrN3O. The Hall–Kier alpha value is -3.62. The van der Waals surface area contributed by atoms with Gasteiger partial charge >= 0.3 is 0 Å². The molecule has 1 heterocycles. The number of nitrogens with one attached hydrogen (secondary N) is 1. The van der Waals surface area contributed by atoms with Gasteiger partial charge in [0.15, 0.2) is 0 Å². The summed E-state index contributed by atoms with van der Waals surface area (Å²) in [6.45, 7) is 4.02. The van der Waals surface area contributed by atoms with Gasteiger partial charge in [0.25, 0.3) is 5.91 Å². The summed E-state index contributed by atoms with van der Waals surface area (Å²) < 4.78 is 3.06. The first-order chi connectivity index (χ1) is 15.0. The smallest absolute Gasteiger partial charge is 0.266 e. The van der Waals surface area contributed by atoms with Gasteiger partial charge in [0.2, 0.25) is 0 Å². The van der Waals surface area contributed by atoms with E-state index in [4.69, 9.17) is 0 Å². The molecule has 0 bridgehead atoms. The fourth-order valence-electron chi connectivity index (χ4n) is 3.68. The molecule has 31 heavy (non-hydrogen) atoms. The van der Waals surface area contributed by atoms with E-state index in [1.54, 1.807) is 18.2 Å². The van der Waals surface area contributed by atoms with Crippen molar-refractivity contribution in [1.82, 2.24) is 4.57 Å². The second-order valence-electron chi connectivity index (χ2n) is 7.32. The number of amides is 1. The second kappa shape index (κ2) is 8.63. The normalized spacial score (nSPS) is 11.4. The average Bonchev–Trinajstić information content (AvgIpc) is 3.06. The average molecular weight is 470 g/mol. The van der Waals surface area contributed by atoms with Crippen LogP contribution in [-0.4, -0.2) is 10.5 Å². The van der Waals surface area contributed by atoms with E-state index in [9.17, 15) is 10.1 Å². The highest BCUT2D eigenvalue weighted by Crippen LogP contribution is 2.26. The maximum absolute atomic E-state index is 12.6. The van der Waals surface area contributed by atoms with Crippen molar-refractivity contribution in [3.05, 3.63) is 99.8 Å². The summed E-state index contributed by atoms with van der Waals surface area (Å²) in [6.07, 6.45) is 1.65. The molecule has 0 unspecified atom stereocenters. The van der Waals surface area contributed by atoms with Crippen LogP contribution in [0.3, 0.4) is 0 Å². The first-order valence-corrected chi connectivity index (χ1v) is 10.6. The number of hydrogen-bond donors (Lipinski definition) is 1. The molecule has 0 aliphatic heterocycles. The highest BCUT2D eigenvalue weighted by molar-refractivity contribution is 9.10. The van der Waals surface area contributed by atoms with Crippen molar-refractivity contribution in [2.75, 3.05) is 5.32 Å². The Kier molecular flexibility index (Phi) is 5.75. The van der Waals surface area contributed by atoms with E-state index in [2.05, 4.69) is 56.1 Å². The molecule has 0 aliphatic rings. The molecule has 0 saturated carbocycles. The summed E-state index contributed by atoms with van der Waals surface area (Å²) in [6, 6.07) is 25.8. The number of aromatic nitrogens is 1. The predicted octanol–water partition coefficient (Wildman–Crippen LogP) is 6.56. The van der Waals surface area contributed by atoms with Crippen molar-refractivity contribution in [2.24, 2.45) is 0 Å². The first-order valence-electron chi connectivity index (χ1n) is 9.83. The number of benzene rings is 3. The van der Waals surface area contributed by atoms with Crippen LogP contribution < -0.4 is 5.32 Å². The van der Waals surface area contributed by atoms with Crippen molar-refractivity contribution in [1.29, 1.82) is 5.26 Å². The van der Waals surface area contributed by atoms with Gasteiger partial charge < -0.3 is 9.88 Å². The number of nitrogens with zero attached hydrogens (tertiary/aromatic N) is 2. The van der Waals surface area contributed by atoms with Gasteiger partial charge in [-0.2, -0.15) is 5.26 Å². The van der Waals surface area contributed by atoms with Crippen LogP contribution in [-0.2, 0) is 4.79 Å². The minimum absolute atomic E-state index is 0.0571. The third-order valence-corrected chi connectivity index (χ3v) is 5.76. The number of nitriles is 1. The Morgan fingerprint density at radius 1 is 1.00 bits per heavy atom. The van der Waals surface area contributed by atoms with Crippen molar-refractivity contribution < 1.29 is 4.79 Å². The Morgan fingerprint density at radius 2 is 1.71 bits per heavy atom. The Balaban J connectivity index is 1.67. The minimum atomic E-state index is -0.430. The second-order valence-corrected chi connectivity index (χ2v) is 8.24. The lowest BCUT2D eigenvalue weighted by atomic mass is 10.1. The van der Waals surface area contributed by atoms with Gasteiger partial charge in [-0.05, 0) is 78.7 Å². The summed E-state index contributed by atoms with van der Waals surface area (Å²) >= 11 is 3.37. The zero-order valence-corrected chi connectivity index (χ0v) is 18.8. The largest absolute Gasteiger partial charge is 0.321 e. The zero-order valence-electron chi connectivity index (χ0n) is 17.2. The number of aryl methyl sites for hydroxylation is 1. The highest BCUT2D eigenvalue weighted by Gasteiger charge is 2.14. The quantitative estimate of drug-likeness (QED) is 0.271. The van der Waals surface area contributed by atoms with Crippen molar-refractivity contribution >= 4 is 44.4 Å². The Morgan fingerprint density at radius 3 is 2.42 bits per heavy atom. The summed E-state index contributed by atoms with van der Waals surface area (Å²) in [4.78, 5) is 12.6. The SMILES string of the molecule is Cc1cc(/C=C(/C#N)C(=O)Nc2ccc(Br)cc2)c(C)n1-c1ccc2ccccc2c1. The topological polar surface area (TPSA) is 57.8 Å². The van der Waals surface area contributed by atoms with Crippen LogP contribution in [0, 0.1) is 25.2 Å². The summed E-state index contributed by atoms with van der Waals surface area (Å²) in [5, 5.41) is 14.7. The van der Waals surface area contributed by atoms with Crippen LogP contribution in [0.5, 0.6) is 0 Å². The molecule has 0 fully saturated rings. The maximum atomic E-state index is 12.6. The molecule has 4 rings (SSSR count). The van der Waals surface area contributed by atoms with E-state index in [0.717, 1.165) is 32.5 Å². The van der Waals surface area contributed by atoms with Crippen LogP contribution in [0.1, 0.15) is 17.0 Å². The lowest BCUT2D eigenvalue weighted by molar-refractivity contribution is -0.112. The van der Waals surface area contributed by atoms with E-state index >= 15 is 0 Å². The fourth-order valence-corrected chi connectivity index (χ4v) is 3.95. The van der Waals surface area contributed by atoms with E-state index in [1.807, 2.05) is 50.2 Å². The summed E-state index contributed by atoms with van der Waals surface area (Å²) in [5.74, 6) is -0.430. The molecule has 4 nitrogen and oxygen atoms in total. The van der Waals surface area contributed by atoms with Crippen LogP contribution in [0.15, 0.2) is 82.8 Å².